The Kier molecular flexibility index (Phi) is 7.32. The number of fused-ring (bicyclic) bond motifs is 9. The zero-order valence-electron chi connectivity index (χ0n) is 32.8. The van der Waals surface area contributed by atoms with Crippen molar-refractivity contribution in [3.8, 4) is 44.5 Å². The van der Waals surface area contributed by atoms with E-state index >= 15 is 0 Å². The number of hydrogen-bond donors (Lipinski definition) is 0. The van der Waals surface area contributed by atoms with Crippen LogP contribution in [0.2, 0.25) is 0 Å². The van der Waals surface area contributed by atoms with Gasteiger partial charge in [-0.3, -0.25) is 0 Å². The fourth-order valence-electron chi connectivity index (χ4n) is 10.2. The Morgan fingerprint density at radius 2 is 0.877 bits per heavy atom. The van der Waals surface area contributed by atoms with Crippen LogP contribution in [0.4, 0.5) is 17.1 Å². The van der Waals surface area contributed by atoms with Gasteiger partial charge in [-0.2, -0.15) is 0 Å². The van der Waals surface area contributed by atoms with Crippen molar-refractivity contribution in [2.45, 2.75) is 38.5 Å². The van der Waals surface area contributed by atoms with Crippen LogP contribution in [-0.4, -0.2) is 0 Å². The van der Waals surface area contributed by atoms with Gasteiger partial charge < -0.3 is 4.90 Å². The van der Waals surface area contributed by atoms with Crippen LogP contribution < -0.4 is 4.90 Å². The average molecular weight is 730 g/mol. The summed E-state index contributed by atoms with van der Waals surface area (Å²) in [5.41, 5.74) is 19.1. The highest BCUT2D eigenvalue weighted by molar-refractivity contribution is 6.06. The molecule has 0 saturated carbocycles. The molecule has 0 N–H and O–H groups in total. The SMILES string of the molecule is CC1(C)c2ccccc2-c2cc(-c3ccc(N(c4ccc(-c5cccc6ccccc56)cc4)c4cc5ccccc5c5c4-c4ccccc4C5(C)C)cc3)ccc21. The lowest BCUT2D eigenvalue weighted by Crippen LogP contribution is -2.16. The number of benzene rings is 9. The molecule has 2 aliphatic rings. The van der Waals surface area contributed by atoms with Crippen LogP contribution in [0, 0.1) is 0 Å². The first-order valence-electron chi connectivity index (χ1n) is 20.2. The van der Waals surface area contributed by atoms with Crippen LogP contribution in [0.15, 0.2) is 188 Å². The fraction of sp³-hybridized carbons (Fsp3) is 0.107. The second-order valence-electron chi connectivity index (χ2n) is 16.9. The molecule has 0 unspecified atom stereocenters. The summed E-state index contributed by atoms with van der Waals surface area (Å²) in [6, 6.07) is 70.0. The zero-order chi connectivity index (χ0) is 38.5. The third-order valence-electron chi connectivity index (χ3n) is 13.0. The lowest BCUT2D eigenvalue weighted by Gasteiger charge is -2.30. The lowest BCUT2D eigenvalue weighted by molar-refractivity contribution is 0.660. The molecule has 0 radical (unpaired) electrons. The normalized spacial score (nSPS) is 14.2. The largest absolute Gasteiger partial charge is 0.310 e. The summed E-state index contributed by atoms with van der Waals surface area (Å²) in [6.45, 7) is 9.47. The van der Waals surface area contributed by atoms with Gasteiger partial charge in [-0.1, -0.05) is 179 Å². The summed E-state index contributed by atoms with van der Waals surface area (Å²) in [7, 11) is 0. The Labute approximate surface area is 335 Å². The minimum Gasteiger partial charge on any atom is -0.310 e. The summed E-state index contributed by atoms with van der Waals surface area (Å²) >= 11 is 0. The molecule has 11 rings (SSSR count). The third-order valence-corrected chi connectivity index (χ3v) is 13.0. The molecule has 1 nitrogen and oxygen atoms in total. The van der Waals surface area contributed by atoms with Gasteiger partial charge in [0.25, 0.3) is 0 Å². The molecule has 0 spiro atoms. The van der Waals surface area contributed by atoms with Gasteiger partial charge in [0.05, 0.1) is 5.69 Å². The van der Waals surface area contributed by atoms with Crippen molar-refractivity contribution in [3.63, 3.8) is 0 Å². The van der Waals surface area contributed by atoms with Crippen LogP contribution in [-0.2, 0) is 10.8 Å². The van der Waals surface area contributed by atoms with Crippen molar-refractivity contribution in [3.05, 3.63) is 210 Å². The molecule has 0 atom stereocenters. The van der Waals surface area contributed by atoms with E-state index in [4.69, 9.17) is 0 Å². The average Bonchev–Trinajstić information content (AvgIpc) is 3.64. The van der Waals surface area contributed by atoms with E-state index in [0.29, 0.717) is 0 Å². The number of rotatable bonds is 5. The molecule has 1 heteroatoms. The van der Waals surface area contributed by atoms with Gasteiger partial charge in [-0.05, 0) is 119 Å². The predicted octanol–water partition coefficient (Wildman–Crippen LogP) is 15.4. The molecule has 9 aromatic carbocycles. The van der Waals surface area contributed by atoms with Gasteiger partial charge in [0.1, 0.15) is 0 Å². The summed E-state index contributed by atoms with van der Waals surface area (Å²) in [5.74, 6) is 0. The van der Waals surface area contributed by atoms with Crippen molar-refractivity contribution in [1.29, 1.82) is 0 Å². The van der Waals surface area contributed by atoms with E-state index < -0.39 is 0 Å². The maximum atomic E-state index is 2.49. The Morgan fingerprint density at radius 1 is 0.351 bits per heavy atom. The van der Waals surface area contributed by atoms with E-state index in [2.05, 4.69) is 221 Å². The summed E-state index contributed by atoms with van der Waals surface area (Å²) < 4.78 is 0. The molecule has 57 heavy (non-hydrogen) atoms. The van der Waals surface area contributed by atoms with Crippen LogP contribution in [0.1, 0.15) is 49.9 Å². The monoisotopic (exact) mass is 729 g/mol. The van der Waals surface area contributed by atoms with Crippen LogP contribution in [0.5, 0.6) is 0 Å². The minimum absolute atomic E-state index is 0.00866. The van der Waals surface area contributed by atoms with Gasteiger partial charge >= 0.3 is 0 Å². The molecule has 0 aliphatic heterocycles. The van der Waals surface area contributed by atoms with E-state index in [0.717, 1.165) is 11.4 Å². The second kappa shape index (κ2) is 12.4. The molecular formula is C56H43N. The number of hydrogen-bond acceptors (Lipinski definition) is 1. The van der Waals surface area contributed by atoms with E-state index in [1.54, 1.807) is 0 Å². The molecule has 0 aromatic heterocycles. The van der Waals surface area contributed by atoms with Gasteiger partial charge in [-0.15, -0.1) is 0 Å². The molecule has 272 valence electrons. The van der Waals surface area contributed by atoms with E-state index in [9.17, 15) is 0 Å². The van der Waals surface area contributed by atoms with Gasteiger partial charge in [0.2, 0.25) is 0 Å². The molecule has 9 aromatic rings. The van der Waals surface area contributed by atoms with Crippen LogP contribution in [0.25, 0.3) is 66.1 Å². The highest BCUT2D eigenvalue weighted by Crippen LogP contribution is 2.57. The first-order valence-corrected chi connectivity index (χ1v) is 20.2. The molecule has 0 heterocycles. The maximum absolute atomic E-state index is 2.49. The Hall–Kier alpha value is -6.70. The van der Waals surface area contributed by atoms with E-state index in [-0.39, 0.29) is 10.8 Å². The Balaban J connectivity index is 1.09. The topological polar surface area (TPSA) is 3.24 Å². The highest BCUT2D eigenvalue weighted by atomic mass is 15.1. The lowest BCUT2D eigenvalue weighted by atomic mass is 9.80. The predicted molar refractivity (Wildman–Crippen MR) is 242 cm³/mol. The van der Waals surface area contributed by atoms with Gasteiger partial charge in [0, 0.05) is 27.8 Å². The van der Waals surface area contributed by atoms with Crippen molar-refractivity contribution < 1.29 is 0 Å². The third kappa shape index (κ3) is 5.02. The fourth-order valence-corrected chi connectivity index (χ4v) is 10.2. The van der Waals surface area contributed by atoms with Crippen molar-refractivity contribution in [2.24, 2.45) is 0 Å². The summed E-state index contributed by atoms with van der Waals surface area (Å²) in [4.78, 5) is 2.49. The first kappa shape index (κ1) is 33.6. The summed E-state index contributed by atoms with van der Waals surface area (Å²) in [6.07, 6.45) is 0. The van der Waals surface area contributed by atoms with E-state index in [1.807, 2.05) is 0 Å². The number of anilines is 3. The zero-order valence-corrected chi connectivity index (χ0v) is 32.8. The van der Waals surface area contributed by atoms with Gasteiger partial charge in [0.15, 0.2) is 0 Å². The standard InChI is InChI=1S/C56H43N/c1-55(2)49-22-11-9-19-46(49)48-34-39(28-33-51(48)55)36-24-29-41(30-25-36)57(42-31-26-38(27-32-42)44-21-13-16-37-14-5-7-17-43(37)44)52-35-40-15-6-8-18-45(40)54-53(52)47-20-10-12-23-50(47)56(54,3)4/h5-35H,1-4H3. The van der Waals surface area contributed by atoms with Crippen molar-refractivity contribution >= 4 is 38.6 Å². The first-order chi connectivity index (χ1) is 27.8. The molecule has 0 bridgehead atoms. The Morgan fingerprint density at radius 3 is 1.61 bits per heavy atom. The second-order valence-corrected chi connectivity index (χ2v) is 16.9. The molecule has 2 aliphatic carbocycles. The molecule has 0 saturated heterocycles. The molecular weight excluding hydrogens is 687 g/mol. The molecule has 0 amide bonds. The minimum atomic E-state index is -0.157. The quantitative estimate of drug-likeness (QED) is 0.170. The van der Waals surface area contributed by atoms with E-state index in [1.165, 1.54) is 94.0 Å². The van der Waals surface area contributed by atoms with Gasteiger partial charge in [-0.25, -0.2) is 0 Å². The van der Waals surface area contributed by atoms with Crippen molar-refractivity contribution in [2.75, 3.05) is 4.90 Å². The highest BCUT2D eigenvalue weighted by Gasteiger charge is 2.40. The van der Waals surface area contributed by atoms with Crippen molar-refractivity contribution in [1.82, 2.24) is 0 Å². The Bertz CT molecular complexity index is 3050. The molecule has 0 fully saturated rings. The smallest absolute Gasteiger partial charge is 0.0549 e. The number of nitrogens with zero attached hydrogens (tertiary/aromatic N) is 1. The van der Waals surface area contributed by atoms with Crippen LogP contribution >= 0.6 is 0 Å². The summed E-state index contributed by atoms with van der Waals surface area (Å²) in [5, 5.41) is 5.10. The van der Waals surface area contributed by atoms with Crippen LogP contribution in [0.3, 0.4) is 0 Å². The maximum Gasteiger partial charge on any atom is 0.0549 e.